The van der Waals surface area contributed by atoms with E-state index in [2.05, 4.69) is 5.10 Å². The molecule has 0 amide bonds. The van der Waals surface area contributed by atoms with Gasteiger partial charge < -0.3 is 5.73 Å². The van der Waals surface area contributed by atoms with Crippen LogP contribution in [0.2, 0.25) is 5.02 Å². The third kappa shape index (κ3) is 4.03. The maximum atomic E-state index is 13.4. The highest BCUT2D eigenvalue weighted by Gasteiger charge is 2.28. The topological polar surface area (TPSA) is 78.0 Å². The van der Waals surface area contributed by atoms with E-state index in [1.165, 1.54) is 23.5 Å². The lowest BCUT2D eigenvalue weighted by Gasteiger charge is -2.13. The first kappa shape index (κ1) is 19.9. The molecular formula is C21H19ClFN3O2S. The maximum Gasteiger partial charge on any atom is 0.175 e. The molecule has 1 aromatic carbocycles. The highest BCUT2D eigenvalue weighted by molar-refractivity contribution is 7.16. The normalized spacial score (nSPS) is 14.2. The Labute approximate surface area is 176 Å². The van der Waals surface area contributed by atoms with E-state index in [9.17, 15) is 14.0 Å². The number of aromatic nitrogens is 2. The van der Waals surface area contributed by atoms with E-state index >= 15 is 0 Å². The van der Waals surface area contributed by atoms with Gasteiger partial charge in [-0.1, -0.05) is 23.7 Å². The second kappa shape index (κ2) is 8.18. The van der Waals surface area contributed by atoms with Gasteiger partial charge >= 0.3 is 0 Å². The Morgan fingerprint density at radius 1 is 1.38 bits per heavy atom. The molecule has 1 unspecified atom stereocenters. The molecule has 5 nitrogen and oxygen atoms in total. The van der Waals surface area contributed by atoms with Gasteiger partial charge in [0, 0.05) is 24.9 Å². The molecule has 150 valence electrons. The van der Waals surface area contributed by atoms with Crippen LogP contribution >= 0.6 is 22.9 Å². The Bertz CT molecular complexity index is 1090. The number of thiophene rings is 1. The lowest BCUT2D eigenvalue weighted by molar-refractivity contribution is 0.0964. The van der Waals surface area contributed by atoms with Crippen LogP contribution in [0.15, 0.2) is 36.5 Å². The number of halogens is 2. The van der Waals surface area contributed by atoms with Gasteiger partial charge in [-0.05, 0) is 42.6 Å². The minimum absolute atomic E-state index is 0.0132. The Kier molecular flexibility index (Phi) is 5.63. The first-order valence-corrected chi connectivity index (χ1v) is 10.5. The molecule has 8 heteroatoms. The molecule has 1 aliphatic heterocycles. The van der Waals surface area contributed by atoms with Gasteiger partial charge in [-0.25, -0.2) is 4.39 Å². The fourth-order valence-electron chi connectivity index (χ4n) is 3.63. The van der Waals surface area contributed by atoms with Gasteiger partial charge in [-0.3, -0.25) is 14.3 Å². The highest BCUT2D eigenvalue weighted by atomic mass is 35.5. The number of hydrogen-bond donors (Lipinski definition) is 1. The summed E-state index contributed by atoms with van der Waals surface area (Å²) in [5.74, 6) is -0.514. The molecule has 4 rings (SSSR count). The summed E-state index contributed by atoms with van der Waals surface area (Å²) in [6.45, 7) is 0.777. The van der Waals surface area contributed by atoms with Crippen LogP contribution in [0.3, 0.4) is 0 Å². The van der Waals surface area contributed by atoms with E-state index in [1.807, 2.05) is 6.07 Å². The van der Waals surface area contributed by atoms with Crippen LogP contribution in [0.1, 0.15) is 37.7 Å². The molecule has 29 heavy (non-hydrogen) atoms. The second-order valence-electron chi connectivity index (χ2n) is 7.15. The van der Waals surface area contributed by atoms with Gasteiger partial charge in [0.2, 0.25) is 0 Å². The minimum atomic E-state index is -0.307. The van der Waals surface area contributed by atoms with Crippen molar-refractivity contribution in [2.45, 2.75) is 25.8 Å². The van der Waals surface area contributed by atoms with Crippen LogP contribution in [0.5, 0.6) is 0 Å². The molecule has 0 radical (unpaired) electrons. The monoisotopic (exact) mass is 431 g/mol. The summed E-state index contributed by atoms with van der Waals surface area (Å²) in [7, 11) is 0. The predicted octanol–water partition coefficient (Wildman–Crippen LogP) is 4.38. The molecule has 1 aliphatic rings. The SMILES string of the molecule is NCC(CC(=O)c1cc2c(s1)C(=O)CCn1ncc(Cl)c1-2)Cc1cccc(F)c1. The molecule has 0 fully saturated rings. The highest BCUT2D eigenvalue weighted by Crippen LogP contribution is 2.39. The van der Waals surface area contributed by atoms with E-state index in [0.29, 0.717) is 52.0 Å². The summed E-state index contributed by atoms with van der Waals surface area (Å²) in [5.41, 5.74) is 8.02. The average molecular weight is 432 g/mol. The predicted molar refractivity (Wildman–Crippen MR) is 111 cm³/mol. The standard InChI is InChI=1S/C21H19ClFN3O2S/c22-16-11-25-26-5-4-17(27)21-15(20(16)26)9-19(29-21)18(28)8-13(10-24)6-12-2-1-3-14(23)7-12/h1-3,7,9,11,13H,4-6,8,10,24H2. The summed E-state index contributed by atoms with van der Waals surface area (Å²) < 4.78 is 15.1. The van der Waals surface area contributed by atoms with Gasteiger partial charge in [0.1, 0.15) is 5.82 Å². The summed E-state index contributed by atoms with van der Waals surface area (Å²) in [6, 6.07) is 8.06. The van der Waals surface area contributed by atoms with E-state index in [0.717, 1.165) is 5.56 Å². The number of benzene rings is 1. The number of fused-ring (bicyclic) bond motifs is 3. The minimum Gasteiger partial charge on any atom is -0.330 e. The van der Waals surface area contributed by atoms with Crippen LogP contribution in [-0.4, -0.2) is 27.9 Å². The van der Waals surface area contributed by atoms with Crippen molar-refractivity contribution in [2.75, 3.05) is 6.54 Å². The first-order valence-electron chi connectivity index (χ1n) is 9.32. The Morgan fingerprint density at radius 2 is 2.21 bits per heavy atom. The van der Waals surface area contributed by atoms with Crippen molar-refractivity contribution in [3.63, 3.8) is 0 Å². The maximum absolute atomic E-state index is 13.4. The lowest BCUT2D eigenvalue weighted by atomic mass is 9.93. The largest absolute Gasteiger partial charge is 0.330 e. The number of carbonyl (C=O) groups is 2. The Balaban J connectivity index is 1.58. The fourth-order valence-corrected chi connectivity index (χ4v) is 4.95. The number of hydrogen-bond acceptors (Lipinski definition) is 5. The number of aryl methyl sites for hydroxylation is 1. The molecule has 0 bridgehead atoms. The summed E-state index contributed by atoms with van der Waals surface area (Å²) in [4.78, 5) is 26.5. The van der Waals surface area contributed by atoms with E-state index in [-0.39, 0.29) is 29.7 Å². The van der Waals surface area contributed by atoms with Crippen molar-refractivity contribution in [1.29, 1.82) is 0 Å². The molecule has 0 saturated carbocycles. The van der Waals surface area contributed by atoms with Gasteiger partial charge in [-0.2, -0.15) is 5.10 Å². The molecule has 2 N–H and O–H groups in total. The smallest absolute Gasteiger partial charge is 0.175 e. The van der Waals surface area contributed by atoms with Crippen LogP contribution in [-0.2, 0) is 13.0 Å². The molecular weight excluding hydrogens is 413 g/mol. The number of nitrogens with zero attached hydrogens (tertiary/aromatic N) is 2. The zero-order valence-corrected chi connectivity index (χ0v) is 17.1. The van der Waals surface area contributed by atoms with Gasteiger partial charge in [0.15, 0.2) is 11.6 Å². The third-order valence-corrected chi connectivity index (χ3v) is 6.58. The zero-order valence-electron chi connectivity index (χ0n) is 15.5. The molecule has 3 heterocycles. The first-order chi connectivity index (χ1) is 14.0. The van der Waals surface area contributed by atoms with E-state index in [1.54, 1.807) is 23.0 Å². The van der Waals surface area contributed by atoms with Crippen molar-refractivity contribution in [2.24, 2.45) is 11.7 Å². The molecule has 2 aromatic heterocycles. The van der Waals surface area contributed by atoms with E-state index < -0.39 is 0 Å². The molecule has 0 aliphatic carbocycles. The molecule has 0 saturated heterocycles. The quantitative estimate of drug-likeness (QED) is 0.587. The summed E-state index contributed by atoms with van der Waals surface area (Å²) >= 11 is 7.48. The third-order valence-electron chi connectivity index (χ3n) is 5.08. The fraction of sp³-hybridized carbons (Fsp3) is 0.286. The Hall–Kier alpha value is -2.35. The number of nitrogens with two attached hydrogens (primary N) is 1. The summed E-state index contributed by atoms with van der Waals surface area (Å²) in [5, 5.41) is 4.69. The van der Waals surface area contributed by atoms with Gasteiger partial charge in [0.05, 0.1) is 26.7 Å². The Morgan fingerprint density at radius 3 is 2.97 bits per heavy atom. The van der Waals surface area contributed by atoms with Gasteiger partial charge in [-0.15, -0.1) is 11.3 Å². The zero-order chi connectivity index (χ0) is 20.5. The second-order valence-corrected chi connectivity index (χ2v) is 8.61. The average Bonchev–Trinajstić information content (AvgIpc) is 3.26. The van der Waals surface area contributed by atoms with E-state index in [4.69, 9.17) is 17.3 Å². The molecule has 3 aromatic rings. The molecule has 0 spiro atoms. The van der Waals surface area contributed by atoms with Crippen molar-refractivity contribution in [3.05, 3.63) is 62.7 Å². The number of carbonyl (C=O) groups excluding carboxylic acids is 2. The van der Waals surface area contributed by atoms with Crippen molar-refractivity contribution < 1.29 is 14.0 Å². The number of Topliss-reactive ketones (excluding diaryl/α,β-unsaturated/α-hetero) is 2. The van der Waals surface area contributed by atoms with Crippen LogP contribution in [0.4, 0.5) is 4.39 Å². The van der Waals surface area contributed by atoms with Crippen molar-refractivity contribution >= 4 is 34.5 Å². The summed E-state index contributed by atoms with van der Waals surface area (Å²) in [6.07, 6.45) is 2.62. The van der Waals surface area contributed by atoms with Crippen molar-refractivity contribution in [1.82, 2.24) is 9.78 Å². The van der Waals surface area contributed by atoms with Crippen LogP contribution in [0.25, 0.3) is 11.3 Å². The van der Waals surface area contributed by atoms with Gasteiger partial charge in [0.25, 0.3) is 0 Å². The van der Waals surface area contributed by atoms with Crippen LogP contribution < -0.4 is 5.73 Å². The number of ketones is 2. The lowest BCUT2D eigenvalue weighted by Crippen LogP contribution is -2.20. The molecule has 1 atom stereocenters. The number of rotatable bonds is 6. The van der Waals surface area contributed by atoms with Crippen LogP contribution in [0, 0.1) is 11.7 Å². The van der Waals surface area contributed by atoms with Crippen molar-refractivity contribution in [3.8, 4) is 11.3 Å².